The Morgan fingerprint density at radius 3 is 2.52 bits per heavy atom. The highest BCUT2D eigenvalue weighted by molar-refractivity contribution is 7.89. The summed E-state index contributed by atoms with van der Waals surface area (Å²) in [4.78, 5) is 23.9. The van der Waals surface area contributed by atoms with Crippen LogP contribution >= 0.6 is 11.3 Å². The second kappa shape index (κ2) is 8.64. The van der Waals surface area contributed by atoms with Gasteiger partial charge in [0.05, 0.1) is 4.90 Å². The quantitative estimate of drug-likeness (QED) is 0.654. The second-order valence-electron chi connectivity index (χ2n) is 6.95. The molecular weight excluding hydrogens is 386 g/mol. The van der Waals surface area contributed by atoms with E-state index in [4.69, 9.17) is 0 Å². The van der Waals surface area contributed by atoms with E-state index in [0.29, 0.717) is 11.3 Å². The molecule has 1 aromatic carbocycles. The average Bonchev–Trinajstić information content (AvgIpc) is 3.07. The smallest absolute Gasteiger partial charge is 0.252 e. The predicted molar refractivity (Wildman–Crippen MR) is 106 cm³/mol. The summed E-state index contributed by atoms with van der Waals surface area (Å²) in [5, 5.41) is 8.84. The first-order chi connectivity index (χ1) is 12.6. The lowest BCUT2D eigenvalue weighted by Crippen LogP contribution is -2.40. The fourth-order valence-electron chi connectivity index (χ4n) is 2.21. The molecule has 0 spiro atoms. The normalized spacial score (nSPS) is 11.8. The molecule has 7 nitrogen and oxygen atoms in total. The van der Waals surface area contributed by atoms with E-state index in [0.717, 1.165) is 0 Å². The first-order valence-corrected chi connectivity index (χ1v) is 10.7. The van der Waals surface area contributed by atoms with Gasteiger partial charge in [-0.05, 0) is 50.4 Å². The molecule has 0 unspecified atom stereocenters. The van der Waals surface area contributed by atoms with E-state index in [1.165, 1.54) is 23.5 Å². The van der Waals surface area contributed by atoms with Gasteiger partial charge in [0.25, 0.3) is 5.91 Å². The molecule has 2 amide bonds. The number of hydrogen-bond acceptors (Lipinski definition) is 5. The molecule has 0 saturated carbocycles. The van der Waals surface area contributed by atoms with Crippen molar-refractivity contribution in [3.05, 3.63) is 46.7 Å². The summed E-state index contributed by atoms with van der Waals surface area (Å²) in [6.07, 6.45) is 0.0765. The molecule has 1 heterocycles. The Kier molecular flexibility index (Phi) is 6.74. The van der Waals surface area contributed by atoms with Gasteiger partial charge in [0.15, 0.2) is 0 Å². The maximum Gasteiger partial charge on any atom is 0.252 e. The first-order valence-electron chi connectivity index (χ1n) is 8.31. The van der Waals surface area contributed by atoms with Gasteiger partial charge in [-0.25, -0.2) is 13.1 Å². The van der Waals surface area contributed by atoms with E-state index in [1.807, 2.05) is 0 Å². The zero-order valence-corrected chi connectivity index (χ0v) is 17.0. The molecule has 0 aliphatic heterocycles. The van der Waals surface area contributed by atoms with Crippen molar-refractivity contribution in [1.82, 2.24) is 10.0 Å². The van der Waals surface area contributed by atoms with Crippen molar-refractivity contribution in [2.75, 3.05) is 11.9 Å². The molecule has 1 aromatic heterocycles. The van der Waals surface area contributed by atoms with Gasteiger partial charge in [-0.15, -0.1) is 0 Å². The van der Waals surface area contributed by atoms with Gasteiger partial charge in [-0.3, -0.25) is 9.59 Å². The van der Waals surface area contributed by atoms with Crippen LogP contribution in [0.1, 0.15) is 37.6 Å². The lowest BCUT2D eigenvalue weighted by molar-refractivity contribution is -0.116. The number of hydrogen-bond donors (Lipinski definition) is 3. The molecule has 146 valence electrons. The molecule has 0 fully saturated rings. The van der Waals surface area contributed by atoms with E-state index >= 15 is 0 Å². The van der Waals surface area contributed by atoms with Gasteiger partial charge in [-0.2, -0.15) is 11.3 Å². The highest BCUT2D eigenvalue weighted by atomic mass is 32.2. The Labute approximate surface area is 163 Å². The second-order valence-corrected chi connectivity index (χ2v) is 9.41. The number of nitrogens with one attached hydrogen (secondary N) is 3. The molecule has 0 aliphatic carbocycles. The van der Waals surface area contributed by atoms with E-state index < -0.39 is 15.6 Å². The minimum absolute atomic E-state index is 0.0704. The van der Waals surface area contributed by atoms with Crippen molar-refractivity contribution in [3.63, 3.8) is 0 Å². The van der Waals surface area contributed by atoms with Crippen LogP contribution in [-0.4, -0.2) is 32.3 Å². The van der Waals surface area contributed by atoms with Gasteiger partial charge >= 0.3 is 0 Å². The third kappa shape index (κ3) is 6.78. The van der Waals surface area contributed by atoms with Crippen molar-refractivity contribution in [3.8, 4) is 0 Å². The van der Waals surface area contributed by atoms with Crippen LogP contribution in [0.4, 0.5) is 5.69 Å². The van der Waals surface area contributed by atoms with Crippen LogP contribution in [0, 0.1) is 0 Å². The van der Waals surface area contributed by atoms with Crippen molar-refractivity contribution in [2.24, 2.45) is 0 Å². The third-order valence-corrected chi connectivity index (χ3v) is 5.73. The number of rotatable bonds is 7. The van der Waals surface area contributed by atoms with E-state index in [-0.39, 0.29) is 29.7 Å². The van der Waals surface area contributed by atoms with Crippen molar-refractivity contribution in [1.29, 1.82) is 0 Å². The SMILES string of the molecule is CC(C)(C)NS(=O)(=O)c1cccc(NC(=O)CCNC(=O)c2ccsc2)c1. The van der Waals surface area contributed by atoms with Crippen LogP contribution in [0.2, 0.25) is 0 Å². The zero-order valence-electron chi connectivity index (χ0n) is 15.4. The lowest BCUT2D eigenvalue weighted by atomic mass is 10.1. The molecule has 0 bridgehead atoms. The number of carbonyl (C=O) groups excluding carboxylic acids is 2. The topological polar surface area (TPSA) is 104 Å². The third-order valence-electron chi connectivity index (χ3n) is 3.29. The molecule has 2 rings (SSSR count). The maximum atomic E-state index is 12.4. The number of carbonyl (C=O) groups is 2. The number of benzene rings is 1. The Balaban J connectivity index is 1.91. The van der Waals surface area contributed by atoms with Gasteiger partial charge in [0.1, 0.15) is 0 Å². The summed E-state index contributed by atoms with van der Waals surface area (Å²) >= 11 is 1.42. The fraction of sp³-hybridized carbons (Fsp3) is 0.333. The number of thiophene rings is 1. The molecule has 0 atom stereocenters. The minimum Gasteiger partial charge on any atom is -0.351 e. The van der Waals surface area contributed by atoms with Crippen LogP contribution in [0.25, 0.3) is 0 Å². The van der Waals surface area contributed by atoms with Crippen molar-refractivity contribution >= 4 is 38.9 Å². The van der Waals surface area contributed by atoms with Crippen LogP contribution in [0.15, 0.2) is 46.0 Å². The summed E-state index contributed by atoms with van der Waals surface area (Å²) in [5.74, 6) is -0.552. The Morgan fingerprint density at radius 1 is 1.15 bits per heavy atom. The fourth-order valence-corrected chi connectivity index (χ4v) is 4.31. The van der Waals surface area contributed by atoms with Gasteiger partial charge < -0.3 is 10.6 Å². The van der Waals surface area contributed by atoms with Gasteiger partial charge in [0.2, 0.25) is 15.9 Å². The Morgan fingerprint density at radius 2 is 1.89 bits per heavy atom. The van der Waals surface area contributed by atoms with Crippen LogP contribution in [0.3, 0.4) is 0 Å². The molecule has 9 heteroatoms. The molecule has 0 aliphatic rings. The molecule has 2 aromatic rings. The summed E-state index contributed by atoms with van der Waals surface area (Å²) in [7, 11) is -3.69. The van der Waals surface area contributed by atoms with Gasteiger partial charge in [-0.1, -0.05) is 6.07 Å². The summed E-state index contributed by atoms with van der Waals surface area (Å²) in [6, 6.07) is 7.74. The summed E-state index contributed by atoms with van der Waals surface area (Å²) < 4.78 is 27.3. The van der Waals surface area contributed by atoms with Crippen LogP contribution < -0.4 is 15.4 Å². The standard InChI is InChI=1S/C18H23N3O4S2/c1-18(2,3)21-27(24,25)15-6-4-5-14(11-15)20-16(22)7-9-19-17(23)13-8-10-26-12-13/h4-6,8,10-12,21H,7,9H2,1-3H3,(H,19,23)(H,20,22). The van der Waals surface area contributed by atoms with Crippen LogP contribution in [-0.2, 0) is 14.8 Å². The lowest BCUT2D eigenvalue weighted by Gasteiger charge is -2.20. The monoisotopic (exact) mass is 409 g/mol. The van der Waals surface area contributed by atoms with Crippen LogP contribution in [0.5, 0.6) is 0 Å². The number of anilines is 1. The minimum atomic E-state index is -3.69. The van der Waals surface area contributed by atoms with Crippen molar-refractivity contribution < 1.29 is 18.0 Å². The number of sulfonamides is 1. The molecule has 0 radical (unpaired) electrons. The van der Waals surface area contributed by atoms with E-state index in [9.17, 15) is 18.0 Å². The van der Waals surface area contributed by atoms with E-state index in [1.54, 1.807) is 49.7 Å². The molecule has 0 saturated heterocycles. The highest BCUT2D eigenvalue weighted by Gasteiger charge is 2.22. The number of amides is 2. The van der Waals surface area contributed by atoms with E-state index in [2.05, 4.69) is 15.4 Å². The maximum absolute atomic E-state index is 12.4. The summed E-state index contributed by atoms with van der Waals surface area (Å²) in [6.45, 7) is 5.44. The Hall–Kier alpha value is -2.23. The zero-order chi connectivity index (χ0) is 20.1. The molecule has 27 heavy (non-hydrogen) atoms. The average molecular weight is 410 g/mol. The largest absolute Gasteiger partial charge is 0.351 e. The predicted octanol–water partition coefficient (Wildman–Crippen LogP) is 2.58. The highest BCUT2D eigenvalue weighted by Crippen LogP contribution is 2.17. The molecular formula is C18H23N3O4S2. The summed E-state index contributed by atoms with van der Waals surface area (Å²) in [5.41, 5.74) is 0.323. The van der Waals surface area contributed by atoms with Gasteiger partial charge in [0, 0.05) is 35.1 Å². The van der Waals surface area contributed by atoms with Crippen molar-refractivity contribution in [2.45, 2.75) is 37.6 Å². The first kappa shape index (κ1) is 21.1. The molecule has 3 N–H and O–H groups in total. The Bertz CT molecular complexity index is 901.